The average molecular weight is 294 g/mol. The maximum Gasteiger partial charge on any atom is 0.0685 e. The zero-order valence-corrected chi connectivity index (χ0v) is 14.3. The lowest BCUT2D eigenvalue weighted by atomic mass is 9.64. The van der Waals surface area contributed by atoms with Crippen molar-refractivity contribution in [2.45, 2.75) is 81.4 Å². The fraction of sp³-hybridized carbons (Fsp3) is 1.00. The van der Waals surface area contributed by atoms with E-state index in [1.54, 1.807) is 0 Å². The molecule has 1 N–H and O–H groups in total. The quantitative estimate of drug-likeness (QED) is 0.862. The molecule has 0 radical (unpaired) electrons. The number of hydrogen-bond acceptors (Lipinski definition) is 3. The second-order valence-electron chi connectivity index (χ2n) is 7.96. The predicted molar refractivity (Wildman–Crippen MR) is 87.6 cm³/mol. The van der Waals surface area contributed by atoms with Crippen LogP contribution in [-0.2, 0) is 4.74 Å². The van der Waals surface area contributed by atoms with Gasteiger partial charge in [-0.15, -0.1) is 0 Å². The molecule has 21 heavy (non-hydrogen) atoms. The minimum Gasteiger partial charge on any atom is -0.375 e. The monoisotopic (exact) mass is 294 g/mol. The smallest absolute Gasteiger partial charge is 0.0685 e. The summed E-state index contributed by atoms with van der Waals surface area (Å²) in [4.78, 5) is 2.54. The first-order valence-corrected chi connectivity index (χ1v) is 9.11. The van der Waals surface area contributed by atoms with E-state index in [0.717, 1.165) is 12.5 Å². The summed E-state index contributed by atoms with van der Waals surface area (Å²) in [5.41, 5.74) is 0.625. The maximum atomic E-state index is 6.17. The number of ether oxygens (including phenoxy) is 1. The molecule has 1 heterocycles. The van der Waals surface area contributed by atoms with Crippen LogP contribution >= 0.6 is 0 Å². The molecule has 1 aliphatic heterocycles. The highest BCUT2D eigenvalue weighted by molar-refractivity contribution is 5.06. The molecular formula is C18H34N2O. The molecule has 3 nitrogen and oxygen atoms in total. The van der Waals surface area contributed by atoms with Gasteiger partial charge in [0.25, 0.3) is 0 Å². The van der Waals surface area contributed by atoms with Crippen molar-refractivity contribution >= 4 is 0 Å². The summed E-state index contributed by atoms with van der Waals surface area (Å²) in [6.07, 6.45) is 13.4. The molecule has 3 fully saturated rings. The molecule has 1 saturated heterocycles. The second-order valence-corrected chi connectivity index (χ2v) is 7.96. The zero-order chi connectivity index (χ0) is 14.9. The Hall–Kier alpha value is -0.120. The first-order chi connectivity index (χ1) is 10.1. The highest BCUT2D eigenvalue weighted by Crippen LogP contribution is 2.48. The molecule has 1 spiro atoms. The summed E-state index contributed by atoms with van der Waals surface area (Å²) in [6, 6.07) is 0.620. The zero-order valence-electron chi connectivity index (χ0n) is 14.3. The Balaban J connectivity index is 1.78. The SMILES string of the molecule is CNC(C1CCOC2(CCC2)C1)C1(N(C)C)CCCCC1. The molecule has 3 rings (SSSR count). The van der Waals surface area contributed by atoms with Crippen LogP contribution in [0.5, 0.6) is 0 Å². The molecule has 2 unspecified atom stereocenters. The summed E-state index contributed by atoms with van der Waals surface area (Å²) in [7, 11) is 6.79. The molecule has 0 aromatic carbocycles. The Labute approximate surface area is 130 Å². The van der Waals surface area contributed by atoms with E-state index in [4.69, 9.17) is 4.74 Å². The molecule has 2 atom stereocenters. The molecule has 0 bridgehead atoms. The van der Waals surface area contributed by atoms with E-state index >= 15 is 0 Å². The van der Waals surface area contributed by atoms with Gasteiger partial charge in [-0.25, -0.2) is 0 Å². The van der Waals surface area contributed by atoms with E-state index in [1.807, 2.05) is 0 Å². The molecule has 2 saturated carbocycles. The van der Waals surface area contributed by atoms with Crippen LogP contribution in [0.2, 0.25) is 0 Å². The summed E-state index contributed by atoms with van der Waals surface area (Å²) < 4.78 is 6.17. The van der Waals surface area contributed by atoms with E-state index < -0.39 is 0 Å². The molecule has 2 aliphatic carbocycles. The largest absolute Gasteiger partial charge is 0.375 e. The lowest BCUT2D eigenvalue weighted by Crippen LogP contribution is -2.64. The van der Waals surface area contributed by atoms with Gasteiger partial charge in [-0.1, -0.05) is 19.3 Å². The molecule has 0 aromatic heterocycles. The van der Waals surface area contributed by atoms with Gasteiger partial charge in [-0.05, 0) is 72.0 Å². The Bertz CT molecular complexity index is 345. The Kier molecular flexibility index (Phi) is 4.63. The lowest BCUT2D eigenvalue weighted by molar-refractivity contribution is -0.153. The lowest BCUT2D eigenvalue weighted by Gasteiger charge is -2.55. The highest BCUT2D eigenvalue weighted by atomic mass is 16.5. The van der Waals surface area contributed by atoms with E-state index in [2.05, 4.69) is 31.4 Å². The number of nitrogens with zero attached hydrogens (tertiary/aromatic N) is 1. The number of hydrogen-bond donors (Lipinski definition) is 1. The van der Waals surface area contributed by atoms with Gasteiger partial charge in [0.1, 0.15) is 0 Å². The molecule has 0 aromatic rings. The summed E-state index contributed by atoms with van der Waals surface area (Å²) in [5.74, 6) is 0.782. The van der Waals surface area contributed by atoms with Gasteiger partial charge >= 0.3 is 0 Å². The van der Waals surface area contributed by atoms with Crippen LogP contribution in [0.25, 0.3) is 0 Å². The normalized spacial score (nSPS) is 32.9. The van der Waals surface area contributed by atoms with Crippen LogP contribution in [-0.4, -0.2) is 49.8 Å². The minimum absolute atomic E-state index is 0.264. The predicted octanol–water partition coefficient (Wildman–Crippen LogP) is 3.19. The van der Waals surface area contributed by atoms with E-state index in [9.17, 15) is 0 Å². The summed E-state index contributed by atoms with van der Waals surface area (Å²) in [5, 5.41) is 3.75. The highest BCUT2D eigenvalue weighted by Gasteiger charge is 2.50. The number of likely N-dealkylation sites (N-methyl/N-ethyl adjacent to an activating group) is 2. The topological polar surface area (TPSA) is 24.5 Å². The Morgan fingerprint density at radius 3 is 2.29 bits per heavy atom. The van der Waals surface area contributed by atoms with Crippen molar-refractivity contribution in [3.05, 3.63) is 0 Å². The maximum absolute atomic E-state index is 6.17. The van der Waals surface area contributed by atoms with Gasteiger partial charge in [0.05, 0.1) is 5.60 Å². The fourth-order valence-corrected chi connectivity index (χ4v) is 5.41. The number of nitrogens with one attached hydrogen (secondary N) is 1. The first kappa shape index (κ1) is 15.8. The van der Waals surface area contributed by atoms with Gasteiger partial charge in [0, 0.05) is 18.2 Å². The Morgan fingerprint density at radius 2 is 1.76 bits per heavy atom. The van der Waals surface area contributed by atoms with Crippen molar-refractivity contribution in [1.29, 1.82) is 0 Å². The van der Waals surface area contributed by atoms with Gasteiger partial charge < -0.3 is 15.0 Å². The van der Waals surface area contributed by atoms with Crippen molar-refractivity contribution in [2.75, 3.05) is 27.7 Å². The summed E-state index contributed by atoms with van der Waals surface area (Å²) in [6.45, 7) is 0.979. The van der Waals surface area contributed by atoms with Crippen LogP contribution in [0, 0.1) is 5.92 Å². The van der Waals surface area contributed by atoms with Crippen LogP contribution < -0.4 is 5.32 Å². The molecule has 3 heteroatoms. The van der Waals surface area contributed by atoms with Crippen molar-refractivity contribution in [1.82, 2.24) is 10.2 Å². The van der Waals surface area contributed by atoms with Crippen LogP contribution in [0.4, 0.5) is 0 Å². The third-order valence-electron chi connectivity index (χ3n) is 6.77. The van der Waals surface area contributed by atoms with E-state index in [1.165, 1.54) is 64.2 Å². The Morgan fingerprint density at radius 1 is 1.05 bits per heavy atom. The standard InChI is InChI=1S/C18H34N2O/c1-19-16(18(20(2)3)11-5-4-6-12-18)15-8-13-21-17(14-15)9-7-10-17/h15-16,19H,4-14H2,1-3H3. The van der Waals surface area contributed by atoms with Crippen molar-refractivity contribution in [3.8, 4) is 0 Å². The first-order valence-electron chi connectivity index (χ1n) is 9.11. The third-order valence-corrected chi connectivity index (χ3v) is 6.77. The summed E-state index contributed by atoms with van der Waals surface area (Å²) >= 11 is 0. The molecular weight excluding hydrogens is 260 g/mol. The van der Waals surface area contributed by atoms with Gasteiger partial charge in [0.2, 0.25) is 0 Å². The minimum atomic E-state index is 0.264. The van der Waals surface area contributed by atoms with Crippen molar-refractivity contribution in [2.24, 2.45) is 5.92 Å². The van der Waals surface area contributed by atoms with Gasteiger partial charge in [-0.3, -0.25) is 0 Å². The second kappa shape index (κ2) is 6.17. The van der Waals surface area contributed by atoms with Crippen LogP contribution in [0.15, 0.2) is 0 Å². The third kappa shape index (κ3) is 2.77. The van der Waals surface area contributed by atoms with Crippen molar-refractivity contribution < 1.29 is 4.74 Å². The molecule has 122 valence electrons. The molecule has 0 amide bonds. The van der Waals surface area contributed by atoms with Crippen molar-refractivity contribution in [3.63, 3.8) is 0 Å². The average Bonchev–Trinajstić information content (AvgIpc) is 2.47. The van der Waals surface area contributed by atoms with Crippen LogP contribution in [0.3, 0.4) is 0 Å². The van der Waals surface area contributed by atoms with Gasteiger partial charge in [-0.2, -0.15) is 0 Å². The molecule has 3 aliphatic rings. The van der Waals surface area contributed by atoms with E-state index in [0.29, 0.717) is 11.6 Å². The number of rotatable bonds is 4. The van der Waals surface area contributed by atoms with E-state index in [-0.39, 0.29) is 5.60 Å². The van der Waals surface area contributed by atoms with Crippen LogP contribution in [0.1, 0.15) is 64.2 Å². The fourth-order valence-electron chi connectivity index (χ4n) is 5.41. The van der Waals surface area contributed by atoms with Gasteiger partial charge in [0.15, 0.2) is 0 Å².